The van der Waals surface area contributed by atoms with Gasteiger partial charge in [-0.3, -0.25) is 0 Å². The van der Waals surface area contributed by atoms with Crippen molar-refractivity contribution in [1.29, 1.82) is 0 Å². The summed E-state index contributed by atoms with van der Waals surface area (Å²) in [7, 11) is 1.86. The number of nitrogens with one attached hydrogen (secondary N) is 1. The van der Waals surface area contributed by atoms with Gasteiger partial charge in [0.25, 0.3) is 0 Å². The zero-order valence-electron chi connectivity index (χ0n) is 11.9. The average molecular weight is 260 g/mol. The quantitative estimate of drug-likeness (QED) is 0.887. The van der Waals surface area contributed by atoms with Crippen molar-refractivity contribution in [2.75, 3.05) is 7.05 Å². The molecule has 2 amide bonds. The van der Waals surface area contributed by atoms with E-state index in [-0.39, 0.29) is 6.03 Å². The summed E-state index contributed by atoms with van der Waals surface area (Å²) < 4.78 is 0. The Bertz CT molecular complexity index is 404. The second-order valence-corrected chi connectivity index (χ2v) is 5.76. The molecule has 2 atom stereocenters. The number of nitrogens with zero attached hydrogens (tertiary/aromatic N) is 1. The number of hydrogen-bond donors (Lipinski definition) is 1. The van der Waals surface area contributed by atoms with Crippen molar-refractivity contribution in [1.82, 2.24) is 10.2 Å². The maximum atomic E-state index is 12.1. The lowest BCUT2D eigenvalue weighted by atomic mass is 9.87. The lowest BCUT2D eigenvalue weighted by Gasteiger charge is -2.29. The maximum absolute atomic E-state index is 12.1. The van der Waals surface area contributed by atoms with E-state index in [1.165, 1.54) is 12.8 Å². The molecule has 1 aromatic rings. The predicted molar refractivity (Wildman–Crippen MR) is 77.9 cm³/mol. The number of carbonyl (C=O) groups excluding carboxylic acids is 1. The van der Waals surface area contributed by atoms with Gasteiger partial charge in [-0.15, -0.1) is 0 Å². The molecule has 0 aromatic heterocycles. The van der Waals surface area contributed by atoms with Gasteiger partial charge in [-0.25, -0.2) is 4.79 Å². The Balaban J connectivity index is 1.82. The highest BCUT2D eigenvalue weighted by Crippen LogP contribution is 2.23. The normalized spacial score (nSPS) is 22.8. The number of urea groups is 1. The van der Waals surface area contributed by atoms with E-state index >= 15 is 0 Å². The van der Waals surface area contributed by atoms with Crippen molar-refractivity contribution in [2.24, 2.45) is 5.92 Å². The molecule has 1 aromatic carbocycles. The van der Waals surface area contributed by atoms with Crippen molar-refractivity contribution in [3.63, 3.8) is 0 Å². The molecule has 0 heterocycles. The zero-order valence-corrected chi connectivity index (χ0v) is 11.9. The molecule has 2 unspecified atom stereocenters. The summed E-state index contributed by atoms with van der Waals surface area (Å²) in [5, 5.41) is 3.16. The van der Waals surface area contributed by atoms with Crippen LogP contribution >= 0.6 is 0 Å². The Morgan fingerprint density at radius 1 is 1.32 bits per heavy atom. The highest BCUT2D eigenvalue weighted by atomic mass is 16.2. The fourth-order valence-electron chi connectivity index (χ4n) is 2.78. The standard InChI is InChI=1S/C16H24N2O/c1-13-7-6-10-15(11-13)17-16(19)18(2)12-14-8-4-3-5-9-14/h3-5,8-9,13,15H,6-7,10-12H2,1-2H3,(H,17,19). The minimum atomic E-state index is 0.0444. The first kappa shape index (κ1) is 13.9. The van der Waals surface area contributed by atoms with Gasteiger partial charge in [0.2, 0.25) is 0 Å². The summed E-state index contributed by atoms with van der Waals surface area (Å²) in [6.07, 6.45) is 4.76. The lowest BCUT2D eigenvalue weighted by Crippen LogP contribution is -2.44. The van der Waals surface area contributed by atoms with Gasteiger partial charge in [0, 0.05) is 19.6 Å². The van der Waals surface area contributed by atoms with Crippen LogP contribution in [0.1, 0.15) is 38.2 Å². The van der Waals surface area contributed by atoms with E-state index in [2.05, 4.69) is 12.2 Å². The molecule has 0 radical (unpaired) electrons. The summed E-state index contributed by atoms with van der Waals surface area (Å²) in [6, 6.07) is 10.5. The van der Waals surface area contributed by atoms with Crippen molar-refractivity contribution in [3.05, 3.63) is 35.9 Å². The molecule has 1 fully saturated rings. The van der Waals surface area contributed by atoms with Gasteiger partial charge in [-0.2, -0.15) is 0 Å². The molecule has 0 saturated heterocycles. The van der Waals surface area contributed by atoms with Crippen LogP contribution in [0.25, 0.3) is 0 Å². The molecule has 104 valence electrons. The molecular weight excluding hydrogens is 236 g/mol. The third-order valence-corrected chi connectivity index (χ3v) is 3.87. The monoisotopic (exact) mass is 260 g/mol. The van der Waals surface area contributed by atoms with Crippen LogP contribution < -0.4 is 5.32 Å². The molecule has 19 heavy (non-hydrogen) atoms. The molecule has 0 bridgehead atoms. The second kappa shape index (κ2) is 6.60. The average Bonchev–Trinajstić information content (AvgIpc) is 2.40. The van der Waals surface area contributed by atoms with Crippen molar-refractivity contribution < 1.29 is 4.79 Å². The van der Waals surface area contributed by atoms with E-state index in [0.29, 0.717) is 12.6 Å². The topological polar surface area (TPSA) is 32.3 Å². The minimum Gasteiger partial charge on any atom is -0.335 e. The third kappa shape index (κ3) is 4.27. The smallest absolute Gasteiger partial charge is 0.317 e. The zero-order chi connectivity index (χ0) is 13.7. The molecule has 1 aliphatic carbocycles. The molecule has 0 aliphatic heterocycles. The molecule has 2 rings (SSSR count). The number of benzene rings is 1. The summed E-state index contributed by atoms with van der Waals surface area (Å²) in [4.78, 5) is 13.9. The first-order valence-electron chi connectivity index (χ1n) is 7.20. The van der Waals surface area contributed by atoms with Gasteiger partial charge in [-0.1, -0.05) is 50.1 Å². The predicted octanol–water partition coefficient (Wildman–Crippen LogP) is 3.41. The van der Waals surface area contributed by atoms with Gasteiger partial charge in [0.05, 0.1) is 0 Å². The molecule has 3 heteroatoms. The molecule has 1 N–H and O–H groups in total. The molecule has 3 nitrogen and oxygen atoms in total. The van der Waals surface area contributed by atoms with Gasteiger partial charge in [0.15, 0.2) is 0 Å². The summed E-state index contributed by atoms with van der Waals surface area (Å²) >= 11 is 0. The van der Waals surface area contributed by atoms with E-state index in [4.69, 9.17) is 0 Å². The molecular formula is C16H24N2O. The van der Waals surface area contributed by atoms with Gasteiger partial charge in [-0.05, 0) is 24.3 Å². The summed E-state index contributed by atoms with van der Waals surface area (Å²) in [6.45, 7) is 2.93. The Hall–Kier alpha value is -1.51. The van der Waals surface area contributed by atoms with Crippen molar-refractivity contribution in [3.8, 4) is 0 Å². The number of rotatable bonds is 3. The van der Waals surface area contributed by atoms with E-state index in [9.17, 15) is 4.79 Å². The van der Waals surface area contributed by atoms with Crippen LogP contribution in [0.4, 0.5) is 4.79 Å². The minimum absolute atomic E-state index is 0.0444. The SMILES string of the molecule is CC1CCCC(NC(=O)N(C)Cc2ccccc2)C1. The van der Waals surface area contributed by atoms with E-state index in [1.807, 2.05) is 37.4 Å². The largest absolute Gasteiger partial charge is 0.335 e. The number of amides is 2. The third-order valence-electron chi connectivity index (χ3n) is 3.87. The Morgan fingerprint density at radius 2 is 2.05 bits per heavy atom. The Labute approximate surface area is 116 Å². The van der Waals surface area contributed by atoms with Gasteiger partial charge < -0.3 is 10.2 Å². The first-order valence-corrected chi connectivity index (χ1v) is 7.20. The highest BCUT2D eigenvalue weighted by Gasteiger charge is 2.21. The Morgan fingerprint density at radius 3 is 2.74 bits per heavy atom. The van der Waals surface area contributed by atoms with Gasteiger partial charge >= 0.3 is 6.03 Å². The van der Waals surface area contributed by atoms with Crippen LogP contribution in [0.2, 0.25) is 0 Å². The van der Waals surface area contributed by atoms with Crippen molar-refractivity contribution >= 4 is 6.03 Å². The maximum Gasteiger partial charge on any atom is 0.317 e. The van der Waals surface area contributed by atoms with Crippen LogP contribution in [0, 0.1) is 5.92 Å². The van der Waals surface area contributed by atoms with E-state index in [0.717, 1.165) is 24.3 Å². The van der Waals surface area contributed by atoms with Crippen molar-refractivity contribution in [2.45, 2.75) is 45.2 Å². The highest BCUT2D eigenvalue weighted by molar-refractivity contribution is 5.74. The van der Waals surface area contributed by atoms with Crippen LogP contribution in [-0.4, -0.2) is 24.0 Å². The lowest BCUT2D eigenvalue weighted by molar-refractivity contribution is 0.195. The molecule has 0 spiro atoms. The Kier molecular flexibility index (Phi) is 4.83. The summed E-state index contributed by atoms with van der Waals surface area (Å²) in [5.74, 6) is 0.735. The summed E-state index contributed by atoms with van der Waals surface area (Å²) in [5.41, 5.74) is 1.16. The van der Waals surface area contributed by atoms with Gasteiger partial charge in [0.1, 0.15) is 0 Å². The fourth-order valence-corrected chi connectivity index (χ4v) is 2.78. The van der Waals surface area contributed by atoms with Crippen LogP contribution in [0.5, 0.6) is 0 Å². The van der Waals surface area contributed by atoms with E-state index < -0.39 is 0 Å². The number of hydrogen-bond acceptors (Lipinski definition) is 1. The van der Waals surface area contributed by atoms with E-state index in [1.54, 1.807) is 4.90 Å². The molecule has 1 saturated carbocycles. The van der Waals surface area contributed by atoms with Crippen LogP contribution in [-0.2, 0) is 6.54 Å². The number of carbonyl (C=O) groups is 1. The first-order chi connectivity index (χ1) is 9.15. The second-order valence-electron chi connectivity index (χ2n) is 5.76. The fraction of sp³-hybridized carbons (Fsp3) is 0.562. The van der Waals surface area contributed by atoms with Crippen LogP contribution in [0.15, 0.2) is 30.3 Å². The van der Waals surface area contributed by atoms with Crippen LogP contribution in [0.3, 0.4) is 0 Å². The molecule has 1 aliphatic rings.